The first kappa shape index (κ1) is 13.2. The Kier molecular flexibility index (Phi) is 4.48. The monoisotopic (exact) mass is 249 g/mol. The van der Waals surface area contributed by atoms with Crippen molar-refractivity contribution < 1.29 is 9.18 Å². The molecule has 1 heterocycles. The Bertz CT molecular complexity index is 401. The highest BCUT2D eigenvalue weighted by atomic mass is 19.1. The lowest BCUT2D eigenvalue weighted by molar-refractivity contribution is -0.119. The van der Waals surface area contributed by atoms with E-state index in [2.05, 4.69) is 11.8 Å². The fourth-order valence-corrected chi connectivity index (χ4v) is 2.52. The summed E-state index contributed by atoms with van der Waals surface area (Å²) in [6, 6.07) is 6.19. The molecule has 1 aromatic carbocycles. The SMILES string of the molecule is CCC1CCN(CC(=O)Cc2ccc(F)cc2)C1. The summed E-state index contributed by atoms with van der Waals surface area (Å²) < 4.78 is 12.7. The molecule has 0 bridgehead atoms. The first-order valence-corrected chi connectivity index (χ1v) is 6.66. The molecular weight excluding hydrogens is 229 g/mol. The van der Waals surface area contributed by atoms with Crippen LogP contribution < -0.4 is 0 Å². The van der Waals surface area contributed by atoms with Crippen molar-refractivity contribution in [3.63, 3.8) is 0 Å². The number of carbonyl (C=O) groups excluding carboxylic acids is 1. The van der Waals surface area contributed by atoms with Gasteiger partial charge in [0.25, 0.3) is 0 Å². The molecule has 0 aromatic heterocycles. The fraction of sp³-hybridized carbons (Fsp3) is 0.533. The van der Waals surface area contributed by atoms with Gasteiger partial charge < -0.3 is 0 Å². The number of ketones is 1. The van der Waals surface area contributed by atoms with Gasteiger partial charge in [-0.1, -0.05) is 25.5 Å². The van der Waals surface area contributed by atoms with Crippen LogP contribution in [0.4, 0.5) is 4.39 Å². The Morgan fingerprint density at radius 2 is 2.11 bits per heavy atom. The third kappa shape index (κ3) is 3.64. The van der Waals surface area contributed by atoms with E-state index in [-0.39, 0.29) is 11.6 Å². The number of halogens is 1. The Labute approximate surface area is 108 Å². The van der Waals surface area contributed by atoms with E-state index < -0.39 is 0 Å². The minimum Gasteiger partial charge on any atom is -0.298 e. The van der Waals surface area contributed by atoms with Crippen molar-refractivity contribution in [1.82, 2.24) is 4.90 Å². The topological polar surface area (TPSA) is 20.3 Å². The molecular formula is C15H20FNO. The summed E-state index contributed by atoms with van der Waals surface area (Å²) in [5.41, 5.74) is 0.896. The van der Waals surface area contributed by atoms with E-state index in [1.54, 1.807) is 12.1 Å². The fourth-order valence-electron chi connectivity index (χ4n) is 2.52. The van der Waals surface area contributed by atoms with Crippen LogP contribution in [-0.4, -0.2) is 30.3 Å². The molecule has 0 spiro atoms. The van der Waals surface area contributed by atoms with Crippen LogP contribution in [0.25, 0.3) is 0 Å². The van der Waals surface area contributed by atoms with Crippen molar-refractivity contribution in [2.24, 2.45) is 5.92 Å². The summed E-state index contributed by atoms with van der Waals surface area (Å²) in [5, 5.41) is 0. The zero-order valence-corrected chi connectivity index (χ0v) is 10.9. The minimum absolute atomic E-state index is 0.221. The number of hydrogen-bond donors (Lipinski definition) is 0. The maximum absolute atomic E-state index is 12.7. The van der Waals surface area contributed by atoms with E-state index in [0.29, 0.717) is 13.0 Å². The van der Waals surface area contributed by atoms with Crippen LogP contribution in [0.1, 0.15) is 25.3 Å². The van der Waals surface area contributed by atoms with Crippen LogP contribution in [0.15, 0.2) is 24.3 Å². The molecule has 18 heavy (non-hydrogen) atoms. The normalized spacial score (nSPS) is 20.2. The van der Waals surface area contributed by atoms with Crippen LogP contribution >= 0.6 is 0 Å². The van der Waals surface area contributed by atoms with Crippen LogP contribution in [0.3, 0.4) is 0 Å². The highest BCUT2D eigenvalue weighted by Crippen LogP contribution is 2.18. The zero-order valence-electron chi connectivity index (χ0n) is 10.9. The molecule has 1 aromatic rings. The number of rotatable bonds is 5. The van der Waals surface area contributed by atoms with Gasteiger partial charge in [0.1, 0.15) is 5.82 Å². The molecule has 1 aliphatic rings. The average Bonchev–Trinajstić information content (AvgIpc) is 2.79. The molecule has 1 aliphatic heterocycles. The summed E-state index contributed by atoms with van der Waals surface area (Å²) >= 11 is 0. The van der Waals surface area contributed by atoms with Crippen LogP contribution in [0.2, 0.25) is 0 Å². The molecule has 1 unspecified atom stereocenters. The highest BCUT2D eigenvalue weighted by molar-refractivity contribution is 5.82. The molecule has 0 radical (unpaired) electrons. The van der Waals surface area contributed by atoms with E-state index in [1.165, 1.54) is 25.0 Å². The average molecular weight is 249 g/mol. The largest absolute Gasteiger partial charge is 0.298 e. The zero-order chi connectivity index (χ0) is 13.0. The van der Waals surface area contributed by atoms with Gasteiger partial charge in [0.2, 0.25) is 0 Å². The summed E-state index contributed by atoms with van der Waals surface area (Å²) in [6.07, 6.45) is 2.82. The number of carbonyl (C=O) groups is 1. The summed E-state index contributed by atoms with van der Waals surface area (Å²) in [6.45, 7) is 4.82. The Balaban J connectivity index is 1.80. The highest BCUT2D eigenvalue weighted by Gasteiger charge is 2.22. The lowest BCUT2D eigenvalue weighted by Gasteiger charge is -2.14. The lowest BCUT2D eigenvalue weighted by Crippen LogP contribution is -2.28. The van der Waals surface area contributed by atoms with Gasteiger partial charge in [-0.2, -0.15) is 0 Å². The Hall–Kier alpha value is -1.22. The van der Waals surface area contributed by atoms with Crippen molar-refractivity contribution in [3.8, 4) is 0 Å². The van der Waals surface area contributed by atoms with Gasteiger partial charge in [0, 0.05) is 13.0 Å². The van der Waals surface area contributed by atoms with Crippen molar-refractivity contribution in [3.05, 3.63) is 35.6 Å². The van der Waals surface area contributed by atoms with Crippen molar-refractivity contribution >= 4 is 5.78 Å². The van der Waals surface area contributed by atoms with Gasteiger partial charge >= 0.3 is 0 Å². The van der Waals surface area contributed by atoms with Gasteiger partial charge in [0.15, 0.2) is 5.78 Å². The molecule has 98 valence electrons. The quantitative estimate of drug-likeness (QED) is 0.799. The Morgan fingerprint density at radius 1 is 1.39 bits per heavy atom. The predicted octanol–water partition coefficient (Wildman–Crippen LogP) is 2.67. The second-order valence-electron chi connectivity index (χ2n) is 5.14. The smallest absolute Gasteiger partial charge is 0.151 e. The van der Waals surface area contributed by atoms with Gasteiger partial charge in [-0.25, -0.2) is 4.39 Å². The summed E-state index contributed by atoms with van der Waals surface area (Å²) in [4.78, 5) is 14.1. The molecule has 3 heteroatoms. The molecule has 1 atom stereocenters. The molecule has 0 saturated carbocycles. The van der Waals surface area contributed by atoms with Crippen molar-refractivity contribution in [2.45, 2.75) is 26.2 Å². The molecule has 1 fully saturated rings. The van der Waals surface area contributed by atoms with E-state index in [0.717, 1.165) is 24.6 Å². The van der Waals surface area contributed by atoms with E-state index in [1.807, 2.05) is 0 Å². The number of hydrogen-bond acceptors (Lipinski definition) is 2. The minimum atomic E-state index is -0.253. The lowest BCUT2D eigenvalue weighted by atomic mass is 10.1. The molecule has 2 nitrogen and oxygen atoms in total. The molecule has 0 aliphatic carbocycles. The standard InChI is InChI=1S/C15H20FNO/c1-2-12-7-8-17(10-12)11-15(18)9-13-3-5-14(16)6-4-13/h3-6,12H,2,7-11H2,1H3. The second-order valence-corrected chi connectivity index (χ2v) is 5.14. The van der Waals surface area contributed by atoms with Gasteiger partial charge in [0.05, 0.1) is 6.54 Å². The molecule has 2 rings (SSSR count). The Morgan fingerprint density at radius 3 is 2.72 bits per heavy atom. The number of likely N-dealkylation sites (tertiary alicyclic amines) is 1. The summed E-state index contributed by atoms with van der Waals surface area (Å²) in [5.74, 6) is 0.721. The van der Waals surface area contributed by atoms with Gasteiger partial charge in [-0.15, -0.1) is 0 Å². The van der Waals surface area contributed by atoms with Crippen LogP contribution in [0, 0.1) is 11.7 Å². The van der Waals surface area contributed by atoms with E-state index in [9.17, 15) is 9.18 Å². The molecule has 1 saturated heterocycles. The third-order valence-corrected chi connectivity index (χ3v) is 3.66. The van der Waals surface area contributed by atoms with Crippen LogP contribution in [-0.2, 0) is 11.2 Å². The molecule has 0 N–H and O–H groups in total. The third-order valence-electron chi connectivity index (χ3n) is 3.66. The number of Topliss-reactive ketones (excluding diaryl/α,β-unsaturated/α-hetero) is 1. The maximum Gasteiger partial charge on any atom is 0.151 e. The second kappa shape index (κ2) is 6.10. The van der Waals surface area contributed by atoms with Crippen molar-refractivity contribution in [1.29, 1.82) is 0 Å². The number of benzene rings is 1. The van der Waals surface area contributed by atoms with E-state index in [4.69, 9.17) is 0 Å². The first-order chi connectivity index (χ1) is 8.67. The van der Waals surface area contributed by atoms with Crippen LogP contribution in [0.5, 0.6) is 0 Å². The van der Waals surface area contributed by atoms with E-state index >= 15 is 0 Å². The first-order valence-electron chi connectivity index (χ1n) is 6.66. The predicted molar refractivity (Wildman–Crippen MR) is 69.9 cm³/mol. The maximum atomic E-state index is 12.7. The van der Waals surface area contributed by atoms with Gasteiger partial charge in [-0.05, 0) is 36.6 Å². The van der Waals surface area contributed by atoms with Gasteiger partial charge in [-0.3, -0.25) is 9.69 Å². The summed E-state index contributed by atoms with van der Waals surface area (Å²) in [7, 11) is 0. The number of nitrogens with zero attached hydrogens (tertiary/aromatic N) is 1. The molecule has 0 amide bonds. The van der Waals surface area contributed by atoms with Crippen molar-refractivity contribution in [2.75, 3.05) is 19.6 Å².